The van der Waals surface area contributed by atoms with Crippen molar-refractivity contribution in [2.45, 2.75) is 30.8 Å². The molecule has 1 heterocycles. The van der Waals surface area contributed by atoms with Gasteiger partial charge in [-0.15, -0.1) is 0 Å². The Morgan fingerprint density at radius 1 is 1.29 bits per heavy atom. The van der Waals surface area contributed by atoms with E-state index in [4.69, 9.17) is 0 Å². The predicted octanol–water partition coefficient (Wildman–Crippen LogP) is 3.43. The van der Waals surface area contributed by atoms with E-state index in [0.717, 1.165) is 6.92 Å². The predicted molar refractivity (Wildman–Crippen MR) is 72.4 cm³/mol. The first kappa shape index (κ1) is 15.8. The van der Waals surface area contributed by atoms with E-state index in [0.29, 0.717) is 17.3 Å². The number of hydrogen-bond donors (Lipinski definition) is 1. The molecule has 0 radical (unpaired) electrons. The van der Waals surface area contributed by atoms with Gasteiger partial charge in [-0.2, -0.15) is 18.2 Å². The first-order valence-corrected chi connectivity index (χ1v) is 6.86. The Balaban J connectivity index is 2.10. The number of amides is 1. The summed E-state index contributed by atoms with van der Waals surface area (Å²) in [6, 6.07) is 5.13. The maximum atomic E-state index is 12.9. The van der Waals surface area contributed by atoms with Gasteiger partial charge in [0.2, 0.25) is 0 Å². The molecule has 2 rings (SSSR count). The molecule has 0 spiro atoms. The van der Waals surface area contributed by atoms with Gasteiger partial charge in [-0.3, -0.25) is 4.79 Å². The summed E-state index contributed by atoms with van der Waals surface area (Å²) in [5.41, 5.74) is 0.674. The molecule has 3 nitrogen and oxygen atoms in total. The Bertz CT molecular complexity index is 585. The molecular weight excluding hydrogens is 308 g/mol. The molecule has 0 unspecified atom stereocenters. The molecule has 0 aliphatic carbocycles. The standard InChI is InChI=1S/C13H12F4N2OS/c1-7(8-3-5-9(14)6-4-8)18-11-19-10(20)12(2,21-11)13(15,16)17/h3-7H,1-2H3,(H,18,19,20)/t7-,12-/m0/s1. The highest BCUT2D eigenvalue weighted by Crippen LogP contribution is 2.46. The van der Waals surface area contributed by atoms with Crippen LogP contribution in [0.3, 0.4) is 0 Å². The van der Waals surface area contributed by atoms with E-state index in [1.807, 2.05) is 0 Å². The van der Waals surface area contributed by atoms with E-state index < -0.39 is 28.7 Å². The molecule has 0 saturated carbocycles. The maximum absolute atomic E-state index is 12.9. The minimum atomic E-state index is -4.68. The number of benzene rings is 1. The van der Waals surface area contributed by atoms with Crippen LogP contribution in [0.1, 0.15) is 25.5 Å². The van der Waals surface area contributed by atoms with Crippen molar-refractivity contribution in [3.05, 3.63) is 35.6 Å². The highest BCUT2D eigenvalue weighted by atomic mass is 32.2. The summed E-state index contributed by atoms with van der Waals surface area (Å²) >= 11 is 0.344. The molecule has 114 valence electrons. The second-order valence-electron chi connectivity index (χ2n) is 4.77. The lowest BCUT2D eigenvalue weighted by Crippen LogP contribution is -2.44. The molecule has 0 bridgehead atoms. The van der Waals surface area contributed by atoms with Crippen LogP contribution in [0.4, 0.5) is 17.6 Å². The number of carbonyl (C=O) groups excluding carboxylic acids is 1. The van der Waals surface area contributed by atoms with E-state index in [9.17, 15) is 22.4 Å². The summed E-state index contributed by atoms with van der Waals surface area (Å²) in [6.07, 6.45) is -4.68. The molecule has 0 saturated heterocycles. The van der Waals surface area contributed by atoms with Crippen LogP contribution in [0, 0.1) is 5.82 Å². The SMILES string of the molecule is C[C@H](NC1=NC(=O)[C@@](C)(C(F)(F)F)S1)c1ccc(F)cc1. The number of nitrogens with zero attached hydrogens (tertiary/aromatic N) is 1. The fourth-order valence-corrected chi connectivity index (χ4v) is 2.72. The van der Waals surface area contributed by atoms with Crippen molar-refractivity contribution in [3.8, 4) is 0 Å². The third-order valence-electron chi connectivity index (χ3n) is 3.16. The number of nitrogens with one attached hydrogen (secondary N) is 1. The van der Waals surface area contributed by atoms with Gasteiger partial charge < -0.3 is 5.32 Å². The average Bonchev–Trinajstić information content (AvgIpc) is 2.66. The van der Waals surface area contributed by atoms with Gasteiger partial charge in [0.25, 0.3) is 5.91 Å². The van der Waals surface area contributed by atoms with E-state index in [1.54, 1.807) is 6.92 Å². The Labute approximate surface area is 122 Å². The number of aliphatic imine (C=N–C) groups is 1. The first-order valence-electron chi connectivity index (χ1n) is 6.04. The zero-order valence-corrected chi connectivity index (χ0v) is 12.0. The summed E-state index contributed by atoms with van der Waals surface area (Å²) in [5, 5.41) is 2.66. The number of amidine groups is 1. The Kier molecular flexibility index (Phi) is 4.01. The minimum Gasteiger partial charge on any atom is -0.358 e. The summed E-state index contributed by atoms with van der Waals surface area (Å²) in [4.78, 5) is 14.9. The first-order chi connectivity index (χ1) is 9.63. The smallest absolute Gasteiger partial charge is 0.358 e. The zero-order chi connectivity index (χ0) is 15.8. The van der Waals surface area contributed by atoms with Crippen LogP contribution in [-0.2, 0) is 4.79 Å². The van der Waals surface area contributed by atoms with Crippen molar-refractivity contribution in [2.24, 2.45) is 4.99 Å². The fraction of sp³-hybridized carbons (Fsp3) is 0.385. The molecule has 21 heavy (non-hydrogen) atoms. The highest BCUT2D eigenvalue weighted by Gasteiger charge is 2.61. The highest BCUT2D eigenvalue weighted by molar-refractivity contribution is 8.16. The molecule has 0 fully saturated rings. The lowest BCUT2D eigenvalue weighted by molar-refractivity contribution is -0.165. The Morgan fingerprint density at radius 3 is 2.33 bits per heavy atom. The van der Waals surface area contributed by atoms with Crippen LogP contribution < -0.4 is 5.32 Å². The van der Waals surface area contributed by atoms with Crippen molar-refractivity contribution in [1.82, 2.24) is 5.32 Å². The summed E-state index contributed by atoms with van der Waals surface area (Å²) < 4.78 is 48.9. The monoisotopic (exact) mass is 320 g/mol. The molecule has 1 aliphatic heterocycles. The topological polar surface area (TPSA) is 41.5 Å². The van der Waals surface area contributed by atoms with Gasteiger partial charge in [0.1, 0.15) is 5.82 Å². The molecule has 0 aromatic heterocycles. The van der Waals surface area contributed by atoms with Gasteiger partial charge in [-0.25, -0.2) is 4.39 Å². The van der Waals surface area contributed by atoms with E-state index in [2.05, 4.69) is 10.3 Å². The second kappa shape index (κ2) is 5.32. The summed E-state index contributed by atoms with van der Waals surface area (Å²) in [6.45, 7) is 2.49. The third-order valence-corrected chi connectivity index (χ3v) is 4.38. The minimum absolute atomic E-state index is 0.0864. The normalized spacial score (nSPS) is 23.9. The van der Waals surface area contributed by atoms with Crippen molar-refractivity contribution < 1.29 is 22.4 Å². The Morgan fingerprint density at radius 2 is 1.86 bits per heavy atom. The van der Waals surface area contributed by atoms with Crippen LogP contribution in [0.5, 0.6) is 0 Å². The number of hydrogen-bond acceptors (Lipinski definition) is 3. The lowest BCUT2D eigenvalue weighted by Gasteiger charge is -2.23. The number of carbonyl (C=O) groups is 1. The largest absolute Gasteiger partial charge is 0.412 e. The summed E-state index contributed by atoms with van der Waals surface area (Å²) in [5.74, 6) is -1.63. The second-order valence-corrected chi connectivity index (χ2v) is 6.18. The molecule has 1 aromatic carbocycles. The zero-order valence-electron chi connectivity index (χ0n) is 11.2. The Hall–Kier alpha value is -1.57. The number of thioether (sulfide) groups is 1. The van der Waals surface area contributed by atoms with Gasteiger partial charge in [-0.1, -0.05) is 23.9 Å². The van der Waals surface area contributed by atoms with Gasteiger partial charge in [0, 0.05) is 0 Å². The quantitative estimate of drug-likeness (QED) is 0.849. The lowest BCUT2D eigenvalue weighted by atomic mass is 10.1. The average molecular weight is 320 g/mol. The number of alkyl halides is 3. The molecule has 8 heteroatoms. The van der Waals surface area contributed by atoms with E-state index in [1.165, 1.54) is 24.3 Å². The number of rotatable bonds is 2. The van der Waals surface area contributed by atoms with Crippen molar-refractivity contribution in [2.75, 3.05) is 0 Å². The fourth-order valence-electron chi connectivity index (χ4n) is 1.72. The molecular formula is C13H12F4N2OS. The maximum Gasteiger partial charge on any atom is 0.412 e. The molecule has 1 aromatic rings. The van der Waals surface area contributed by atoms with Gasteiger partial charge >= 0.3 is 6.18 Å². The molecule has 1 aliphatic rings. The molecule has 1 amide bonds. The van der Waals surface area contributed by atoms with Crippen LogP contribution in [0.25, 0.3) is 0 Å². The van der Waals surface area contributed by atoms with Crippen LogP contribution in [0.15, 0.2) is 29.3 Å². The summed E-state index contributed by atoms with van der Waals surface area (Å²) in [7, 11) is 0. The number of halogens is 4. The van der Waals surface area contributed by atoms with E-state index >= 15 is 0 Å². The third kappa shape index (κ3) is 3.04. The van der Waals surface area contributed by atoms with Crippen molar-refractivity contribution in [1.29, 1.82) is 0 Å². The van der Waals surface area contributed by atoms with Gasteiger partial charge in [-0.05, 0) is 31.5 Å². The van der Waals surface area contributed by atoms with Gasteiger partial charge in [0.05, 0.1) is 6.04 Å². The van der Waals surface area contributed by atoms with Crippen LogP contribution in [0.2, 0.25) is 0 Å². The van der Waals surface area contributed by atoms with Crippen molar-refractivity contribution >= 4 is 22.8 Å². The van der Waals surface area contributed by atoms with Crippen molar-refractivity contribution in [3.63, 3.8) is 0 Å². The molecule has 2 atom stereocenters. The van der Waals surface area contributed by atoms with Crippen LogP contribution >= 0.6 is 11.8 Å². The van der Waals surface area contributed by atoms with E-state index in [-0.39, 0.29) is 5.17 Å². The molecule has 1 N–H and O–H groups in total. The van der Waals surface area contributed by atoms with Gasteiger partial charge in [0.15, 0.2) is 9.91 Å². The van der Waals surface area contributed by atoms with Crippen LogP contribution in [-0.4, -0.2) is 22.0 Å².